The highest BCUT2D eigenvalue weighted by molar-refractivity contribution is 6.23. The molecule has 3 rings (SSSR count). The average Bonchev–Trinajstić information content (AvgIpc) is 3.06. The Morgan fingerprint density at radius 2 is 1.50 bits per heavy atom. The third kappa shape index (κ3) is 5.41. The van der Waals surface area contributed by atoms with E-state index < -0.39 is 88.6 Å². The quantitative estimate of drug-likeness (QED) is 0.225. The lowest BCUT2D eigenvalue weighted by Gasteiger charge is -2.56. The van der Waals surface area contributed by atoms with Crippen molar-refractivity contribution in [3.63, 3.8) is 0 Å². The molecule has 11 nitrogen and oxygen atoms in total. The van der Waals surface area contributed by atoms with Crippen molar-refractivity contribution in [1.29, 1.82) is 0 Å². The fourth-order valence-electron chi connectivity index (χ4n) is 6.20. The van der Waals surface area contributed by atoms with Crippen molar-refractivity contribution in [3.8, 4) is 0 Å². The molecular formula is C28H35ClO11. The van der Waals surface area contributed by atoms with Gasteiger partial charge in [-0.1, -0.05) is 31.7 Å². The number of halogens is 1. The van der Waals surface area contributed by atoms with Gasteiger partial charge in [0.2, 0.25) is 0 Å². The summed E-state index contributed by atoms with van der Waals surface area (Å²) in [5.41, 5.74) is -3.36. The van der Waals surface area contributed by atoms with E-state index in [0.29, 0.717) is 5.57 Å². The number of fused-ring (bicyclic) bond motifs is 2. The van der Waals surface area contributed by atoms with E-state index in [1.165, 1.54) is 32.9 Å². The maximum atomic E-state index is 12.9. The number of alkyl halides is 1. The number of carbonyl (C=O) groups excluding carboxylic acids is 5. The molecule has 2 aliphatic carbocycles. The van der Waals surface area contributed by atoms with Crippen molar-refractivity contribution >= 4 is 41.4 Å². The van der Waals surface area contributed by atoms with Crippen LogP contribution < -0.4 is 0 Å². The third-order valence-electron chi connectivity index (χ3n) is 7.94. The maximum absolute atomic E-state index is 12.9. The molecule has 1 saturated carbocycles. The molecule has 0 unspecified atom stereocenters. The summed E-state index contributed by atoms with van der Waals surface area (Å²) in [6.45, 7) is 15.7. The summed E-state index contributed by atoms with van der Waals surface area (Å²) in [5, 5.41) is 11.2. The van der Waals surface area contributed by atoms with Gasteiger partial charge in [-0.25, -0.2) is 0 Å². The molecule has 0 aromatic carbocycles. The van der Waals surface area contributed by atoms with Crippen LogP contribution in [-0.4, -0.2) is 76.5 Å². The van der Waals surface area contributed by atoms with Crippen LogP contribution in [0.25, 0.3) is 0 Å². The second kappa shape index (κ2) is 11.4. The number of carbonyl (C=O) groups is 5. The second-order valence-corrected chi connectivity index (χ2v) is 11.2. The van der Waals surface area contributed by atoms with Gasteiger partial charge in [0.1, 0.15) is 24.4 Å². The molecule has 0 aromatic heterocycles. The Balaban J connectivity index is 2.45. The number of esters is 5. The summed E-state index contributed by atoms with van der Waals surface area (Å²) in [5.74, 6) is -6.13. The minimum atomic E-state index is -2.24. The first-order chi connectivity index (χ1) is 18.5. The van der Waals surface area contributed by atoms with E-state index >= 15 is 0 Å². The molecule has 12 heteroatoms. The van der Waals surface area contributed by atoms with Crippen LogP contribution in [0, 0.1) is 17.3 Å². The van der Waals surface area contributed by atoms with Crippen molar-refractivity contribution in [2.24, 2.45) is 17.3 Å². The number of ether oxygens (including phenoxy) is 5. The summed E-state index contributed by atoms with van der Waals surface area (Å²) in [6, 6.07) is 0. The van der Waals surface area contributed by atoms with Crippen LogP contribution >= 0.6 is 11.6 Å². The third-order valence-corrected chi connectivity index (χ3v) is 8.45. The Hall–Kier alpha value is -3.18. The van der Waals surface area contributed by atoms with Gasteiger partial charge in [-0.3, -0.25) is 24.0 Å². The zero-order chi connectivity index (χ0) is 30.3. The van der Waals surface area contributed by atoms with E-state index in [1.54, 1.807) is 6.92 Å². The van der Waals surface area contributed by atoms with E-state index in [4.69, 9.17) is 35.3 Å². The Kier molecular flexibility index (Phi) is 8.91. The molecule has 10 atom stereocenters. The summed E-state index contributed by atoms with van der Waals surface area (Å²) < 4.78 is 28.4. The molecule has 1 N–H and O–H groups in total. The average molecular weight is 583 g/mol. The number of allylic oxidation sites excluding steroid dienone is 1. The van der Waals surface area contributed by atoms with Crippen LogP contribution in [-0.2, 0) is 47.7 Å². The standard InChI is InChI=1S/C28H35ClO11/c1-12-9-10-20(37-16(5)31)27(8)21(13(2)11-19(36-15(4)30)23(27)38-17(6)32)24(39-18(7)33)28(35)14(3)26(34)40-25(28)22(12)29/h9-10,14,19-25,35H,1-2,11H2,3-8H3/b10-9+/t14-,19-,20-,21+,22-,23-,24-,25-,27+,28+/m0/s1. The van der Waals surface area contributed by atoms with Gasteiger partial charge in [-0.05, 0) is 18.6 Å². The zero-order valence-electron chi connectivity index (χ0n) is 23.3. The van der Waals surface area contributed by atoms with Crippen molar-refractivity contribution < 1.29 is 52.8 Å². The minimum absolute atomic E-state index is 0.0764. The summed E-state index contributed by atoms with van der Waals surface area (Å²) in [6.07, 6.45) is -3.81. The normalized spacial score (nSPS) is 40.0. The Labute approximate surface area is 237 Å². The van der Waals surface area contributed by atoms with Crippen molar-refractivity contribution in [2.45, 2.75) is 89.5 Å². The fourth-order valence-corrected chi connectivity index (χ4v) is 6.53. The van der Waals surface area contributed by atoms with Gasteiger partial charge < -0.3 is 28.8 Å². The molecule has 3 aliphatic rings. The molecule has 40 heavy (non-hydrogen) atoms. The second-order valence-electron chi connectivity index (χ2n) is 10.7. The summed E-state index contributed by atoms with van der Waals surface area (Å²) >= 11 is 6.69. The number of hydrogen-bond acceptors (Lipinski definition) is 11. The van der Waals surface area contributed by atoms with E-state index in [0.717, 1.165) is 13.8 Å². The van der Waals surface area contributed by atoms with Crippen LogP contribution in [0.15, 0.2) is 36.5 Å². The number of aliphatic hydroxyl groups is 1. The minimum Gasteiger partial charge on any atom is -0.459 e. The lowest BCUT2D eigenvalue weighted by Crippen LogP contribution is -2.68. The molecule has 2 fully saturated rings. The maximum Gasteiger partial charge on any atom is 0.312 e. The van der Waals surface area contributed by atoms with E-state index in [2.05, 4.69) is 13.2 Å². The van der Waals surface area contributed by atoms with E-state index in [9.17, 15) is 29.1 Å². The highest BCUT2D eigenvalue weighted by Gasteiger charge is 2.70. The predicted octanol–water partition coefficient (Wildman–Crippen LogP) is 2.32. The first kappa shape index (κ1) is 31.3. The van der Waals surface area contributed by atoms with Gasteiger partial charge in [0.25, 0.3) is 0 Å². The Morgan fingerprint density at radius 1 is 0.975 bits per heavy atom. The largest absolute Gasteiger partial charge is 0.459 e. The summed E-state index contributed by atoms with van der Waals surface area (Å²) in [4.78, 5) is 62.3. The molecule has 0 amide bonds. The predicted molar refractivity (Wildman–Crippen MR) is 139 cm³/mol. The SMILES string of the molecule is C=C1C[C@H](OC(C)=O)[C@H](OC(C)=O)[C@]2(C)[C@@H](OC(C)=O)/C=C/C(=C)[C@H](Cl)[C@@H]3OC(=O)[C@H](C)[C@@]3(O)[C@@H](OC(C)=O)[C@@H]12. The summed E-state index contributed by atoms with van der Waals surface area (Å²) in [7, 11) is 0. The van der Waals surface area contributed by atoms with Gasteiger partial charge in [-0.15, -0.1) is 11.6 Å². The zero-order valence-corrected chi connectivity index (χ0v) is 24.1. The fraction of sp³-hybridized carbons (Fsp3) is 0.607. The topological polar surface area (TPSA) is 152 Å². The molecule has 0 spiro atoms. The molecule has 1 saturated heterocycles. The van der Waals surface area contributed by atoms with Crippen LogP contribution in [0.2, 0.25) is 0 Å². The first-order valence-corrected chi connectivity index (χ1v) is 13.2. The van der Waals surface area contributed by atoms with Crippen LogP contribution in [0.4, 0.5) is 0 Å². The molecule has 1 heterocycles. The molecule has 0 aromatic rings. The molecule has 0 radical (unpaired) electrons. The van der Waals surface area contributed by atoms with Crippen LogP contribution in [0.1, 0.15) is 48.0 Å². The van der Waals surface area contributed by atoms with Crippen molar-refractivity contribution in [3.05, 3.63) is 36.5 Å². The van der Waals surface area contributed by atoms with Crippen molar-refractivity contribution in [2.75, 3.05) is 0 Å². The molecule has 1 aliphatic heterocycles. The van der Waals surface area contributed by atoms with E-state index in [1.807, 2.05) is 0 Å². The molecule has 220 valence electrons. The Bertz CT molecular complexity index is 1160. The number of rotatable bonds is 4. The lowest BCUT2D eigenvalue weighted by atomic mass is 9.54. The van der Waals surface area contributed by atoms with Gasteiger partial charge in [0, 0.05) is 40.0 Å². The smallest absolute Gasteiger partial charge is 0.312 e. The lowest BCUT2D eigenvalue weighted by molar-refractivity contribution is -0.231. The van der Waals surface area contributed by atoms with Crippen LogP contribution in [0.5, 0.6) is 0 Å². The van der Waals surface area contributed by atoms with Gasteiger partial charge in [0.15, 0.2) is 11.7 Å². The molecule has 0 bridgehead atoms. The highest BCUT2D eigenvalue weighted by atomic mass is 35.5. The molecular weight excluding hydrogens is 548 g/mol. The van der Waals surface area contributed by atoms with Crippen molar-refractivity contribution in [1.82, 2.24) is 0 Å². The highest BCUT2D eigenvalue weighted by Crippen LogP contribution is 2.56. The number of hydrogen-bond donors (Lipinski definition) is 1. The van der Waals surface area contributed by atoms with Crippen LogP contribution in [0.3, 0.4) is 0 Å². The van der Waals surface area contributed by atoms with E-state index in [-0.39, 0.29) is 12.0 Å². The van der Waals surface area contributed by atoms with Gasteiger partial charge in [-0.2, -0.15) is 0 Å². The Morgan fingerprint density at radius 3 is 2.02 bits per heavy atom. The monoisotopic (exact) mass is 582 g/mol. The van der Waals surface area contributed by atoms with Gasteiger partial charge in [0.05, 0.1) is 16.7 Å². The van der Waals surface area contributed by atoms with Gasteiger partial charge >= 0.3 is 29.8 Å². The first-order valence-electron chi connectivity index (χ1n) is 12.8.